The molecule has 0 saturated heterocycles. The topological polar surface area (TPSA) is 60.5 Å². The van der Waals surface area contributed by atoms with Crippen molar-refractivity contribution in [2.45, 2.75) is 19.4 Å². The Hall–Kier alpha value is -5.43. The smallest absolute Gasteiger partial charge is 0.257 e. The van der Waals surface area contributed by atoms with E-state index in [1.807, 2.05) is 91.0 Å². The maximum atomic E-state index is 13.3. The van der Waals surface area contributed by atoms with Crippen molar-refractivity contribution in [3.05, 3.63) is 172 Å². The molecule has 7 heteroatoms. The number of nitrogens with zero attached hydrogens (tertiary/aromatic N) is 1. The minimum Gasteiger partial charge on any atom is -0.486 e. The van der Waals surface area contributed by atoms with Crippen LogP contribution >= 0.6 is 22.9 Å². The average Bonchev–Trinajstić information content (AvgIpc) is 3.61. The van der Waals surface area contributed by atoms with Gasteiger partial charge in [-0.3, -0.25) is 9.78 Å². The van der Waals surface area contributed by atoms with Crippen LogP contribution in [0, 0.1) is 6.92 Å². The van der Waals surface area contributed by atoms with Crippen LogP contribution in [0.1, 0.15) is 27.5 Å². The summed E-state index contributed by atoms with van der Waals surface area (Å²) in [5.74, 6) is 0.725. The number of halogens is 1. The number of rotatable bonds is 12. The van der Waals surface area contributed by atoms with Gasteiger partial charge in [0.2, 0.25) is 0 Å². The summed E-state index contributed by atoms with van der Waals surface area (Å²) in [7, 11) is 0. The first kappa shape index (κ1) is 33.1. The molecule has 0 fully saturated rings. The molecule has 7 aromatic rings. The Bertz CT molecular complexity index is 2220. The van der Waals surface area contributed by atoms with Crippen molar-refractivity contribution < 1.29 is 14.3 Å². The highest BCUT2D eigenvalue weighted by atomic mass is 35.5. The van der Waals surface area contributed by atoms with Gasteiger partial charge in [0, 0.05) is 39.4 Å². The van der Waals surface area contributed by atoms with Crippen molar-refractivity contribution in [1.82, 2.24) is 10.3 Å². The van der Waals surface area contributed by atoms with E-state index in [9.17, 15) is 4.79 Å². The summed E-state index contributed by atoms with van der Waals surface area (Å²) < 4.78 is 12.5. The van der Waals surface area contributed by atoms with Crippen LogP contribution < -0.4 is 14.8 Å². The van der Waals surface area contributed by atoms with E-state index in [0.29, 0.717) is 35.2 Å². The van der Waals surface area contributed by atoms with Gasteiger partial charge in [0.1, 0.15) is 23.6 Å². The molecule has 2 aromatic heterocycles. The van der Waals surface area contributed by atoms with Crippen molar-refractivity contribution in [1.29, 1.82) is 0 Å². The fourth-order valence-electron chi connectivity index (χ4n) is 6.03. The largest absolute Gasteiger partial charge is 0.486 e. The Morgan fingerprint density at radius 2 is 1.52 bits per heavy atom. The van der Waals surface area contributed by atoms with Crippen LogP contribution in [0.25, 0.3) is 32.5 Å². The molecule has 5 aromatic carbocycles. The number of fused-ring (bicyclic) bond motifs is 1. The zero-order chi connectivity index (χ0) is 34.3. The molecule has 0 radical (unpaired) electrons. The zero-order valence-electron chi connectivity index (χ0n) is 27.5. The van der Waals surface area contributed by atoms with E-state index in [1.54, 1.807) is 17.5 Å². The third-order valence-electron chi connectivity index (χ3n) is 8.57. The van der Waals surface area contributed by atoms with Crippen LogP contribution in [0.5, 0.6) is 11.5 Å². The molecule has 5 nitrogen and oxygen atoms in total. The van der Waals surface area contributed by atoms with Gasteiger partial charge in [0.05, 0.1) is 5.02 Å². The van der Waals surface area contributed by atoms with Gasteiger partial charge in [0.25, 0.3) is 5.91 Å². The highest BCUT2D eigenvalue weighted by Gasteiger charge is 2.25. The van der Waals surface area contributed by atoms with Gasteiger partial charge in [-0.2, -0.15) is 0 Å². The molecule has 1 atom stereocenters. The third-order valence-corrected chi connectivity index (χ3v) is 9.94. The summed E-state index contributed by atoms with van der Waals surface area (Å²) in [6.45, 7) is 2.63. The molecule has 0 bridgehead atoms. The normalized spacial score (nSPS) is 11.6. The van der Waals surface area contributed by atoms with E-state index in [1.165, 1.54) is 9.75 Å². The van der Waals surface area contributed by atoms with E-state index in [0.717, 1.165) is 38.8 Å². The number of pyridine rings is 1. The minimum absolute atomic E-state index is 0.122. The van der Waals surface area contributed by atoms with Crippen LogP contribution in [0.2, 0.25) is 5.02 Å². The Morgan fingerprint density at radius 1 is 0.780 bits per heavy atom. The Labute approximate surface area is 301 Å². The molecule has 2 heterocycles. The number of carbonyl (C=O) groups excluding carboxylic acids is 1. The number of nitrogens with one attached hydrogen (secondary N) is 1. The van der Waals surface area contributed by atoms with Crippen molar-refractivity contribution >= 4 is 39.7 Å². The van der Waals surface area contributed by atoms with E-state index < -0.39 is 0 Å². The highest BCUT2D eigenvalue weighted by molar-refractivity contribution is 7.15. The summed E-state index contributed by atoms with van der Waals surface area (Å²) in [5, 5.41) is 4.51. The van der Waals surface area contributed by atoms with Gasteiger partial charge in [-0.05, 0) is 83.3 Å². The second-order valence-corrected chi connectivity index (χ2v) is 13.7. The maximum Gasteiger partial charge on any atom is 0.257 e. The highest BCUT2D eigenvalue weighted by Crippen LogP contribution is 2.41. The van der Waals surface area contributed by atoms with Crippen LogP contribution in [0.15, 0.2) is 146 Å². The van der Waals surface area contributed by atoms with Gasteiger partial charge in [-0.15, -0.1) is 11.3 Å². The number of ether oxygens (including phenoxy) is 2. The first-order chi connectivity index (χ1) is 24.5. The summed E-state index contributed by atoms with van der Waals surface area (Å²) in [6, 6.07) is 46.4. The quantitative estimate of drug-likeness (QED) is 0.138. The van der Waals surface area contributed by atoms with E-state index in [-0.39, 0.29) is 18.4 Å². The third kappa shape index (κ3) is 7.73. The van der Waals surface area contributed by atoms with Gasteiger partial charge in [0.15, 0.2) is 6.61 Å². The van der Waals surface area contributed by atoms with Crippen molar-refractivity contribution in [2.75, 3.05) is 13.2 Å². The van der Waals surface area contributed by atoms with Crippen LogP contribution in [-0.4, -0.2) is 24.0 Å². The van der Waals surface area contributed by atoms with Gasteiger partial charge in [-0.1, -0.05) is 103 Å². The summed E-state index contributed by atoms with van der Waals surface area (Å²) in [6.07, 6.45) is 1.75. The summed E-state index contributed by atoms with van der Waals surface area (Å²) in [5.41, 5.74) is 6.88. The lowest BCUT2D eigenvalue weighted by Gasteiger charge is -2.24. The first-order valence-electron chi connectivity index (χ1n) is 16.5. The molecule has 0 aliphatic rings. The van der Waals surface area contributed by atoms with E-state index >= 15 is 0 Å². The van der Waals surface area contributed by atoms with E-state index in [4.69, 9.17) is 26.1 Å². The molecule has 0 aliphatic heterocycles. The standard InChI is InChI=1S/C43H35ClN2O3S/c1-29-17-22-40(50-29)34-15-8-14-33(24-34)38(26-46-41(47)28-48-35-20-18-32(19-21-35)31-12-6-3-7-13-31)37-25-39(44)36-16-9-23-45-42(36)43(37)49-27-30-10-4-2-5-11-30/h2-25,38H,26-28H2,1H3,(H,46,47). The Balaban J connectivity index is 1.18. The molecule has 50 heavy (non-hydrogen) atoms. The van der Waals surface area contributed by atoms with E-state index in [2.05, 4.69) is 60.8 Å². The predicted octanol–water partition coefficient (Wildman–Crippen LogP) is 10.5. The second kappa shape index (κ2) is 15.4. The predicted molar refractivity (Wildman–Crippen MR) is 204 cm³/mol. The van der Waals surface area contributed by atoms with Gasteiger partial charge in [-0.25, -0.2) is 0 Å². The van der Waals surface area contributed by atoms with Gasteiger partial charge < -0.3 is 14.8 Å². The van der Waals surface area contributed by atoms with Crippen LogP contribution in [0.3, 0.4) is 0 Å². The number of hydrogen-bond donors (Lipinski definition) is 1. The molecule has 248 valence electrons. The number of carbonyl (C=O) groups is 1. The molecule has 0 saturated carbocycles. The number of benzene rings is 5. The number of hydrogen-bond acceptors (Lipinski definition) is 5. The maximum absolute atomic E-state index is 13.3. The Kier molecular flexibility index (Phi) is 10.2. The SMILES string of the molecule is Cc1ccc(-c2cccc(C(CNC(=O)COc3ccc(-c4ccccc4)cc3)c3cc(Cl)c4cccnc4c3OCc3ccccc3)c2)s1. The summed E-state index contributed by atoms with van der Waals surface area (Å²) in [4.78, 5) is 20.5. The summed E-state index contributed by atoms with van der Waals surface area (Å²) >= 11 is 8.69. The van der Waals surface area contributed by atoms with Crippen molar-refractivity contribution in [3.63, 3.8) is 0 Å². The van der Waals surface area contributed by atoms with Crippen molar-refractivity contribution in [2.24, 2.45) is 0 Å². The molecule has 1 amide bonds. The van der Waals surface area contributed by atoms with Gasteiger partial charge >= 0.3 is 0 Å². The molecule has 7 rings (SSSR count). The number of aromatic nitrogens is 1. The average molecular weight is 695 g/mol. The van der Waals surface area contributed by atoms with Crippen LogP contribution in [0.4, 0.5) is 0 Å². The van der Waals surface area contributed by atoms with Crippen molar-refractivity contribution in [3.8, 4) is 33.1 Å². The molecular weight excluding hydrogens is 660 g/mol. The monoisotopic (exact) mass is 694 g/mol. The second-order valence-electron chi connectivity index (χ2n) is 12.0. The fraction of sp³-hybridized carbons (Fsp3) is 0.116. The molecule has 1 unspecified atom stereocenters. The first-order valence-corrected chi connectivity index (χ1v) is 17.7. The number of amides is 1. The molecular formula is C43H35ClN2O3S. The lowest BCUT2D eigenvalue weighted by Crippen LogP contribution is -2.33. The lowest BCUT2D eigenvalue weighted by molar-refractivity contribution is -0.123. The number of thiophene rings is 1. The van der Waals surface area contributed by atoms with Crippen LogP contribution in [-0.2, 0) is 11.4 Å². The molecule has 0 spiro atoms. The minimum atomic E-state index is -0.306. The zero-order valence-corrected chi connectivity index (χ0v) is 29.1. The fourth-order valence-corrected chi connectivity index (χ4v) is 7.17. The number of aryl methyl sites for hydroxylation is 1. The molecule has 0 aliphatic carbocycles. The molecule has 1 N–H and O–H groups in total. The Morgan fingerprint density at radius 3 is 2.28 bits per heavy atom. The lowest BCUT2D eigenvalue weighted by atomic mass is 9.88.